The number of amides is 2. The minimum absolute atomic E-state index is 0.0486. The number of nitrogens with two attached hydrogens (primary N) is 1. The molecule has 0 spiro atoms. The van der Waals surface area contributed by atoms with Gasteiger partial charge in [0, 0.05) is 19.3 Å². The number of aromatic nitrogens is 1. The first kappa shape index (κ1) is 14.3. The van der Waals surface area contributed by atoms with E-state index >= 15 is 0 Å². The van der Waals surface area contributed by atoms with E-state index in [1.54, 1.807) is 24.0 Å². The Morgan fingerprint density at radius 2 is 2.05 bits per heavy atom. The van der Waals surface area contributed by atoms with E-state index in [9.17, 15) is 9.59 Å². The van der Waals surface area contributed by atoms with Gasteiger partial charge in [0.1, 0.15) is 6.04 Å². The van der Waals surface area contributed by atoms with Crippen LogP contribution in [0.15, 0.2) is 18.3 Å². The number of carbonyl (C=O) groups excluding carboxylic acids is 2. The van der Waals surface area contributed by atoms with Gasteiger partial charge in [-0.2, -0.15) is 0 Å². The number of rotatable bonds is 3. The van der Waals surface area contributed by atoms with E-state index in [1.165, 1.54) is 6.20 Å². The molecule has 1 aliphatic rings. The number of piperidine rings is 1. The lowest BCUT2D eigenvalue weighted by molar-refractivity contribution is -0.133. The monoisotopic (exact) mass is 276 g/mol. The van der Waals surface area contributed by atoms with Crippen molar-refractivity contribution in [1.82, 2.24) is 15.2 Å². The summed E-state index contributed by atoms with van der Waals surface area (Å²) in [7, 11) is 0. The van der Waals surface area contributed by atoms with Crippen LogP contribution in [0.2, 0.25) is 0 Å². The van der Waals surface area contributed by atoms with Crippen molar-refractivity contribution in [3.05, 3.63) is 24.0 Å². The summed E-state index contributed by atoms with van der Waals surface area (Å²) in [4.78, 5) is 30.0. The van der Waals surface area contributed by atoms with Crippen molar-refractivity contribution in [2.75, 3.05) is 18.8 Å². The maximum Gasteiger partial charge on any atom is 0.272 e. The molecule has 6 nitrogen and oxygen atoms in total. The zero-order valence-electron chi connectivity index (χ0n) is 11.6. The number of nitrogen functional groups attached to an aromatic ring is 1. The Hall–Kier alpha value is -2.11. The zero-order valence-corrected chi connectivity index (χ0v) is 11.6. The number of nitrogens with one attached hydrogen (secondary N) is 1. The Balaban J connectivity index is 1.97. The van der Waals surface area contributed by atoms with Crippen molar-refractivity contribution in [2.45, 2.75) is 32.2 Å². The Labute approximate surface area is 118 Å². The number of hydrogen-bond donors (Lipinski definition) is 2. The summed E-state index contributed by atoms with van der Waals surface area (Å²) in [6.07, 6.45) is 4.72. The lowest BCUT2D eigenvalue weighted by atomic mass is 10.1. The molecular formula is C14H20N4O2. The predicted molar refractivity (Wildman–Crippen MR) is 76.0 cm³/mol. The van der Waals surface area contributed by atoms with E-state index in [2.05, 4.69) is 10.3 Å². The van der Waals surface area contributed by atoms with Crippen molar-refractivity contribution < 1.29 is 9.59 Å². The summed E-state index contributed by atoms with van der Waals surface area (Å²) >= 11 is 0. The van der Waals surface area contributed by atoms with Gasteiger partial charge in [0.15, 0.2) is 5.69 Å². The molecular weight excluding hydrogens is 256 g/mol. The van der Waals surface area contributed by atoms with Gasteiger partial charge in [-0.25, -0.2) is 4.98 Å². The molecule has 108 valence electrons. The fourth-order valence-electron chi connectivity index (χ4n) is 2.32. The van der Waals surface area contributed by atoms with E-state index < -0.39 is 11.9 Å². The van der Waals surface area contributed by atoms with E-state index in [4.69, 9.17) is 5.73 Å². The summed E-state index contributed by atoms with van der Waals surface area (Å²) in [6.45, 7) is 3.23. The second-order valence-electron chi connectivity index (χ2n) is 5.02. The Morgan fingerprint density at radius 3 is 2.70 bits per heavy atom. The van der Waals surface area contributed by atoms with Gasteiger partial charge in [-0.3, -0.25) is 9.59 Å². The molecule has 0 aliphatic carbocycles. The highest BCUT2D eigenvalue weighted by Gasteiger charge is 2.24. The molecule has 0 saturated carbocycles. The van der Waals surface area contributed by atoms with Crippen LogP contribution in [0, 0.1) is 0 Å². The maximum absolute atomic E-state index is 12.2. The Morgan fingerprint density at radius 1 is 1.35 bits per heavy atom. The number of anilines is 1. The first-order valence-electron chi connectivity index (χ1n) is 6.89. The third-order valence-electron chi connectivity index (χ3n) is 3.44. The van der Waals surface area contributed by atoms with E-state index in [0.717, 1.165) is 32.4 Å². The van der Waals surface area contributed by atoms with E-state index in [-0.39, 0.29) is 11.6 Å². The number of pyridine rings is 1. The van der Waals surface area contributed by atoms with Gasteiger partial charge >= 0.3 is 0 Å². The molecule has 1 fully saturated rings. The standard InChI is InChI=1S/C14H20N4O2/c1-10(14(20)18-8-3-2-4-9-18)17-13(19)12-11(15)6-5-7-16-12/h5-7,10H,2-4,8-9,15H2,1H3,(H,17,19). The van der Waals surface area contributed by atoms with Crippen molar-refractivity contribution in [3.63, 3.8) is 0 Å². The molecule has 1 aromatic rings. The fourth-order valence-corrected chi connectivity index (χ4v) is 2.32. The van der Waals surface area contributed by atoms with Crippen molar-refractivity contribution >= 4 is 17.5 Å². The third-order valence-corrected chi connectivity index (χ3v) is 3.44. The topological polar surface area (TPSA) is 88.3 Å². The minimum atomic E-state index is -0.568. The molecule has 2 amide bonds. The molecule has 20 heavy (non-hydrogen) atoms. The highest BCUT2D eigenvalue weighted by molar-refractivity contribution is 5.99. The quantitative estimate of drug-likeness (QED) is 0.854. The lowest BCUT2D eigenvalue weighted by Gasteiger charge is -2.29. The minimum Gasteiger partial charge on any atom is -0.397 e. The van der Waals surface area contributed by atoms with Gasteiger partial charge in [-0.1, -0.05) is 0 Å². The van der Waals surface area contributed by atoms with Crippen LogP contribution in [0.3, 0.4) is 0 Å². The van der Waals surface area contributed by atoms with Crippen molar-refractivity contribution in [2.24, 2.45) is 0 Å². The molecule has 0 radical (unpaired) electrons. The molecule has 3 N–H and O–H groups in total. The van der Waals surface area contributed by atoms with Crippen LogP contribution in [-0.2, 0) is 4.79 Å². The Bertz CT molecular complexity index is 498. The second kappa shape index (κ2) is 6.36. The van der Waals surface area contributed by atoms with Gasteiger partial charge in [-0.15, -0.1) is 0 Å². The van der Waals surface area contributed by atoms with Crippen molar-refractivity contribution in [3.8, 4) is 0 Å². The number of hydrogen-bond acceptors (Lipinski definition) is 4. The average Bonchev–Trinajstić information content (AvgIpc) is 2.47. The second-order valence-corrected chi connectivity index (χ2v) is 5.02. The zero-order chi connectivity index (χ0) is 14.5. The average molecular weight is 276 g/mol. The summed E-state index contributed by atoms with van der Waals surface area (Å²) in [5.74, 6) is -0.464. The van der Waals surface area contributed by atoms with Gasteiger partial charge in [0.2, 0.25) is 5.91 Å². The molecule has 1 unspecified atom stereocenters. The molecule has 0 bridgehead atoms. The molecule has 0 aromatic carbocycles. The molecule has 1 aromatic heterocycles. The van der Waals surface area contributed by atoms with E-state index in [0.29, 0.717) is 5.69 Å². The van der Waals surface area contributed by atoms with Crippen LogP contribution in [-0.4, -0.2) is 40.8 Å². The van der Waals surface area contributed by atoms with Crippen LogP contribution in [0.1, 0.15) is 36.7 Å². The summed E-state index contributed by atoms with van der Waals surface area (Å²) in [5, 5.41) is 2.66. The molecule has 1 aliphatic heterocycles. The third kappa shape index (κ3) is 3.26. The molecule has 2 heterocycles. The van der Waals surface area contributed by atoms with Gasteiger partial charge < -0.3 is 16.0 Å². The van der Waals surface area contributed by atoms with Gasteiger partial charge in [0.25, 0.3) is 5.91 Å². The molecule has 2 rings (SSSR count). The van der Waals surface area contributed by atoms with Crippen molar-refractivity contribution in [1.29, 1.82) is 0 Å². The largest absolute Gasteiger partial charge is 0.397 e. The van der Waals surface area contributed by atoms with Crippen LogP contribution >= 0.6 is 0 Å². The first-order chi connectivity index (χ1) is 9.59. The van der Waals surface area contributed by atoms with Crippen LogP contribution in [0.4, 0.5) is 5.69 Å². The summed E-state index contributed by atoms with van der Waals surface area (Å²) in [5.41, 5.74) is 6.16. The highest BCUT2D eigenvalue weighted by atomic mass is 16.2. The summed E-state index contributed by atoms with van der Waals surface area (Å²) in [6, 6.07) is 2.70. The van der Waals surface area contributed by atoms with Gasteiger partial charge in [-0.05, 0) is 38.3 Å². The number of carbonyl (C=O) groups is 2. The van der Waals surface area contributed by atoms with Crippen LogP contribution in [0.25, 0.3) is 0 Å². The number of nitrogens with zero attached hydrogens (tertiary/aromatic N) is 2. The van der Waals surface area contributed by atoms with Crippen LogP contribution in [0.5, 0.6) is 0 Å². The maximum atomic E-state index is 12.2. The SMILES string of the molecule is CC(NC(=O)c1ncccc1N)C(=O)N1CCCCC1. The normalized spacial score (nSPS) is 16.6. The number of likely N-dealkylation sites (tertiary alicyclic amines) is 1. The van der Waals surface area contributed by atoms with Crippen LogP contribution < -0.4 is 11.1 Å². The smallest absolute Gasteiger partial charge is 0.272 e. The van der Waals surface area contributed by atoms with Gasteiger partial charge in [0.05, 0.1) is 5.69 Å². The Kier molecular flexibility index (Phi) is 4.55. The molecule has 6 heteroatoms. The fraction of sp³-hybridized carbons (Fsp3) is 0.500. The summed E-state index contributed by atoms with van der Waals surface area (Å²) < 4.78 is 0. The predicted octanol–water partition coefficient (Wildman–Crippen LogP) is 0.795. The van der Waals surface area contributed by atoms with E-state index in [1.807, 2.05) is 0 Å². The highest BCUT2D eigenvalue weighted by Crippen LogP contribution is 2.11. The lowest BCUT2D eigenvalue weighted by Crippen LogP contribution is -2.48. The molecule has 1 atom stereocenters. The molecule has 1 saturated heterocycles. The first-order valence-corrected chi connectivity index (χ1v) is 6.89.